The van der Waals surface area contributed by atoms with Crippen LogP contribution in [0.1, 0.15) is 0 Å². The van der Waals surface area contributed by atoms with Crippen LogP contribution in [0.2, 0.25) is 5.02 Å². The fraction of sp³-hybridized carbons (Fsp3) is 0.222. The molecule has 0 aliphatic rings. The van der Waals surface area contributed by atoms with Crippen molar-refractivity contribution in [1.29, 1.82) is 0 Å². The van der Waals surface area contributed by atoms with Crippen LogP contribution >= 0.6 is 11.6 Å². The Hall–Kier alpha value is -1.62. The predicted octanol–water partition coefficient (Wildman–Crippen LogP) is 1.00. The molecule has 0 aliphatic heterocycles. The van der Waals surface area contributed by atoms with Gasteiger partial charge < -0.3 is 22.1 Å². The van der Waals surface area contributed by atoms with Crippen molar-refractivity contribution in [3.8, 4) is 0 Å². The van der Waals surface area contributed by atoms with Gasteiger partial charge in [-0.15, -0.1) is 0 Å². The average molecular weight is 229 g/mol. The van der Waals surface area contributed by atoms with Crippen LogP contribution in [0.25, 0.3) is 0 Å². The van der Waals surface area contributed by atoms with Gasteiger partial charge in [-0.05, 0) is 12.1 Å². The number of nitrogens with one attached hydrogen (secondary N) is 2. The topological polar surface area (TPSA) is 93.2 Å². The van der Waals surface area contributed by atoms with Crippen LogP contribution in [0.5, 0.6) is 0 Å². The summed E-state index contributed by atoms with van der Waals surface area (Å²) in [5.74, 6) is 0. The van der Waals surface area contributed by atoms with Gasteiger partial charge in [0.1, 0.15) is 0 Å². The quantitative estimate of drug-likeness (QED) is 0.458. The molecule has 6 heteroatoms. The highest BCUT2D eigenvalue weighted by atomic mass is 35.5. The summed E-state index contributed by atoms with van der Waals surface area (Å²) in [6.07, 6.45) is 0. The number of carbonyl (C=O) groups is 1. The number of halogens is 1. The van der Waals surface area contributed by atoms with E-state index in [1.807, 2.05) is 0 Å². The molecule has 6 N–H and O–H groups in total. The van der Waals surface area contributed by atoms with Gasteiger partial charge in [-0.3, -0.25) is 0 Å². The lowest BCUT2D eigenvalue weighted by Crippen LogP contribution is -2.33. The number of urea groups is 1. The van der Waals surface area contributed by atoms with Gasteiger partial charge in [0.05, 0.1) is 16.4 Å². The summed E-state index contributed by atoms with van der Waals surface area (Å²) in [6.45, 7) is 0.927. The normalized spacial score (nSPS) is 9.67. The summed E-state index contributed by atoms with van der Waals surface area (Å²) in [5.41, 5.74) is 11.9. The monoisotopic (exact) mass is 228 g/mol. The Morgan fingerprint density at radius 2 is 2.13 bits per heavy atom. The Bertz CT molecular complexity index is 336. The van der Waals surface area contributed by atoms with Gasteiger partial charge in [-0.1, -0.05) is 17.7 Å². The molecule has 0 fully saturated rings. The number of rotatable bonds is 4. The Morgan fingerprint density at radius 3 is 2.73 bits per heavy atom. The first kappa shape index (κ1) is 11.5. The van der Waals surface area contributed by atoms with Crippen LogP contribution in [0.4, 0.5) is 16.2 Å². The molecule has 0 heterocycles. The second-order valence-corrected chi connectivity index (χ2v) is 3.33. The first-order valence-electron chi connectivity index (χ1n) is 4.42. The smallest absolute Gasteiger partial charge is 0.312 e. The molecule has 0 atom stereocenters. The summed E-state index contributed by atoms with van der Waals surface area (Å²) in [7, 11) is 0. The molecule has 0 aromatic heterocycles. The summed E-state index contributed by atoms with van der Waals surface area (Å²) < 4.78 is 0. The summed E-state index contributed by atoms with van der Waals surface area (Å²) in [5, 5.41) is 6.01. The highest BCUT2D eigenvalue weighted by Gasteiger charge is 2.02. The maximum Gasteiger partial charge on any atom is 0.312 e. The largest absolute Gasteiger partial charge is 0.397 e. The number of hydrogen-bond donors (Lipinski definition) is 4. The zero-order valence-corrected chi connectivity index (χ0v) is 8.84. The molecule has 0 radical (unpaired) electrons. The Morgan fingerprint density at radius 1 is 1.40 bits per heavy atom. The number of hydrogen-bond acceptors (Lipinski definition) is 3. The molecule has 1 aromatic carbocycles. The molecule has 1 aromatic rings. The maximum absolute atomic E-state index is 10.4. The lowest BCUT2D eigenvalue weighted by molar-refractivity contribution is 0.249. The van der Waals surface area contributed by atoms with Crippen LogP contribution < -0.4 is 22.1 Å². The van der Waals surface area contributed by atoms with Gasteiger partial charge in [0.2, 0.25) is 0 Å². The molecule has 0 unspecified atom stereocenters. The van der Waals surface area contributed by atoms with Crippen molar-refractivity contribution in [3.63, 3.8) is 0 Å². The standard InChI is InChI=1S/C9H13ClN4O/c10-6-2-1-3-7(11)8(6)13-4-5-14-9(12)15/h1-3,13H,4-5,11H2,(H3,12,14,15). The van der Waals surface area contributed by atoms with Crippen LogP contribution in [0.15, 0.2) is 18.2 Å². The molecule has 0 aliphatic carbocycles. The van der Waals surface area contributed by atoms with E-state index in [2.05, 4.69) is 10.6 Å². The van der Waals surface area contributed by atoms with Crippen molar-refractivity contribution >= 4 is 29.0 Å². The second kappa shape index (κ2) is 5.31. The maximum atomic E-state index is 10.4. The van der Waals surface area contributed by atoms with Crippen molar-refractivity contribution in [2.75, 3.05) is 24.1 Å². The number of nitrogen functional groups attached to an aromatic ring is 1. The van der Waals surface area contributed by atoms with Gasteiger partial charge >= 0.3 is 6.03 Å². The summed E-state index contributed by atoms with van der Waals surface area (Å²) in [4.78, 5) is 10.4. The molecule has 2 amide bonds. The molecule has 0 bridgehead atoms. The third kappa shape index (κ3) is 3.55. The van der Waals surface area contributed by atoms with E-state index in [1.54, 1.807) is 18.2 Å². The SMILES string of the molecule is NC(=O)NCCNc1c(N)cccc1Cl. The van der Waals surface area contributed by atoms with Crippen LogP contribution in [-0.2, 0) is 0 Å². The first-order chi connectivity index (χ1) is 7.11. The van der Waals surface area contributed by atoms with Gasteiger partial charge in [-0.2, -0.15) is 0 Å². The van der Waals surface area contributed by atoms with Crippen LogP contribution in [0.3, 0.4) is 0 Å². The van der Waals surface area contributed by atoms with Crippen molar-refractivity contribution in [3.05, 3.63) is 23.2 Å². The zero-order valence-electron chi connectivity index (χ0n) is 8.09. The van der Waals surface area contributed by atoms with E-state index in [0.29, 0.717) is 29.5 Å². The van der Waals surface area contributed by atoms with Gasteiger partial charge in [0, 0.05) is 13.1 Å². The minimum absolute atomic E-state index is 0.417. The number of carbonyl (C=O) groups excluding carboxylic acids is 1. The predicted molar refractivity (Wildman–Crippen MR) is 61.9 cm³/mol. The molecular formula is C9H13ClN4O. The summed E-state index contributed by atoms with van der Waals surface area (Å²) >= 11 is 5.92. The first-order valence-corrected chi connectivity index (χ1v) is 4.80. The van der Waals surface area contributed by atoms with E-state index in [0.717, 1.165) is 0 Å². The number of benzene rings is 1. The lowest BCUT2D eigenvalue weighted by Gasteiger charge is -2.10. The molecule has 15 heavy (non-hydrogen) atoms. The lowest BCUT2D eigenvalue weighted by atomic mass is 10.2. The van der Waals surface area contributed by atoms with Gasteiger partial charge in [-0.25, -0.2) is 4.79 Å². The van der Waals surface area contributed by atoms with Crippen molar-refractivity contribution in [2.24, 2.45) is 5.73 Å². The highest BCUT2D eigenvalue weighted by Crippen LogP contribution is 2.27. The van der Waals surface area contributed by atoms with Crippen molar-refractivity contribution in [2.45, 2.75) is 0 Å². The number of amides is 2. The number of nitrogens with two attached hydrogens (primary N) is 2. The average Bonchev–Trinajstić information content (AvgIpc) is 2.15. The van der Waals surface area contributed by atoms with E-state index in [9.17, 15) is 4.79 Å². The highest BCUT2D eigenvalue weighted by molar-refractivity contribution is 6.33. The van der Waals surface area contributed by atoms with Gasteiger partial charge in [0.25, 0.3) is 0 Å². The Balaban J connectivity index is 2.47. The Labute approximate surface area is 92.8 Å². The van der Waals surface area contributed by atoms with Crippen molar-refractivity contribution in [1.82, 2.24) is 5.32 Å². The Kier molecular flexibility index (Phi) is 4.05. The molecule has 5 nitrogen and oxygen atoms in total. The third-order valence-corrected chi connectivity index (χ3v) is 2.09. The van der Waals surface area contributed by atoms with E-state index >= 15 is 0 Å². The van der Waals surface area contributed by atoms with E-state index < -0.39 is 6.03 Å². The minimum Gasteiger partial charge on any atom is -0.397 e. The molecule has 0 saturated heterocycles. The number of primary amides is 1. The molecule has 0 spiro atoms. The number of para-hydroxylation sites is 1. The van der Waals surface area contributed by atoms with E-state index in [-0.39, 0.29) is 0 Å². The van der Waals surface area contributed by atoms with E-state index in [1.165, 1.54) is 0 Å². The van der Waals surface area contributed by atoms with Crippen molar-refractivity contribution < 1.29 is 4.79 Å². The third-order valence-electron chi connectivity index (χ3n) is 1.77. The van der Waals surface area contributed by atoms with Crippen LogP contribution in [0, 0.1) is 0 Å². The summed E-state index contributed by atoms with van der Waals surface area (Å²) in [6, 6.07) is 4.70. The molecule has 1 rings (SSSR count). The van der Waals surface area contributed by atoms with Crippen LogP contribution in [-0.4, -0.2) is 19.1 Å². The fourth-order valence-corrected chi connectivity index (χ4v) is 1.35. The number of anilines is 2. The molecule has 0 saturated carbocycles. The zero-order chi connectivity index (χ0) is 11.3. The van der Waals surface area contributed by atoms with Gasteiger partial charge in [0.15, 0.2) is 0 Å². The fourth-order valence-electron chi connectivity index (χ4n) is 1.10. The molecule has 82 valence electrons. The van der Waals surface area contributed by atoms with E-state index in [4.69, 9.17) is 23.1 Å². The second-order valence-electron chi connectivity index (χ2n) is 2.92. The minimum atomic E-state index is -0.552. The molecular weight excluding hydrogens is 216 g/mol.